The highest BCUT2D eigenvalue weighted by Gasteiger charge is 2.18. The number of ether oxygens (including phenoxy) is 1. The fraction of sp³-hybridized carbons (Fsp3) is 0.583. The molecular weight excluding hydrogens is 282 g/mol. The van der Waals surface area contributed by atoms with Crippen molar-refractivity contribution in [1.82, 2.24) is 9.29 Å². The standard InChI is InChI=1S/C12H21N3O4S/c1-14(2)20(17,18)11-5-6-12(13-7-11)15(3)8-10(16)9-19-4/h5-7,10,16H,8-9H2,1-4H3. The summed E-state index contributed by atoms with van der Waals surface area (Å²) in [6, 6.07) is 3.10. The molecular formula is C12H21N3O4S. The molecule has 1 aromatic rings. The summed E-state index contributed by atoms with van der Waals surface area (Å²) in [4.78, 5) is 5.98. The van der Waals surface area contributed by atoms with E-state index in [0.29, 0.717) is 12.4 Å². The van der Waals surface area contributed by atoms with Crippen molar-refractivity contribution in [1.29, 1.82) is 0 Å². The average Bonchev–Trinajstić information content (AvgIpc) is 2.38. The van der Waals surface area contributed by atoms with Gasteiger partial charge in [-0.3, -0.25) is 0 Å². The summed E-state index contributed by atoms with van der Waals surface area (Å²) in [5.41, 5.74) is 0. The number of hydrogen-bond acceptors (Lipinski definition) is 6. The van der Waals surface area contributed by atoms with E-state index in [1.165, 1.54) is 33.5 Å². The number of anilines is 1. The second-order valence-electron chi connectivity index (χ2n) is 4.63. The summed E-state index contributed by atoms with van der Waals surface area (Å²) in [5, 5.41) is 9.64. The maximum absolute atomic E-state index is 11.9. The van der Waals surface area contributed by atoms with Gasteiger partial charge in [0, 0.05) is 41.0 Å². The molecule has 114 valence electrons. The number of rotatable bonds is 7. The van der Waals surface area contributed by atoms with Crippen LogP contribution in [0.1, 0.15) is 0 Å². The molecule has 0 aromatic carbocycles. The fourth-order valence-corrected chi connectivity index (χ4v) is 2.46. The first-order chi connectivity index (χ1) is 9.28. The minimum Gasteiger partial charge on any atom is -0.389 e. The van der Waals surface area contributed by atoms with Gasteiger partial charge in [-0.15, -0.1) is 0 Å². The number of sulfonamides is 1. The number of methoxy groups -OCH3 is 1. The molecule has 1 heterocycles. The normalized spacial score (nSPS) is 13.5. The van der Waals surface area contributed by atoms with Crippen LogP contribution < -0.4 is 4.90 Å². The van der Waals surface area contributed by atoms with Crippen LogP contribution in [0, 0.1) is 0 Å². The zero-order chi connectivity index (χ0) is 15.3. The van der Waals surface area contributed by atoms with E-state index in [2.05, 4.69) is 4.98 Å². The topological polar surface area (TPSA) is 83.0 Å². The Labute approximate surface area is 119 Å². The third-order valence-electron chi connectivity index (χ3n) is 2.73. The van der Waals surface area contributed by atoms with E-state index in [4.69, 9.17) is 4.74 Å². The molecule has 0 amide bonds. The minimum absolute atomic E-state index is 0.136. The van der Waals surface area contributed by atoms with E-state index < -0.39 is 16.1 Å². The molecule has 1 atom stereocenters. The van der Waals surface area contributed by atoms with E-state index in [1.54, 1.807) is 18.0 Å². The van der Waals surface area contributed by atoms with Crippen molar-refractivity contribution in [2.45, 2.75) is 11.0 Å². The number of hydrogen-bond donors (Lipinski definition) is 1. The second-order valence-corrected chi connectivity index (χ2v) is 6.78. The number of aromatic nitrogens is 1. The van der Waals surface area contributed by atoms with Crippen molar-refractivity contribution in [2.75, 3.05) is 46.3 Å². The SMILES string of the molecule is COCC(O)CN(C)c1ccc(S(=O)(=O)N(C)C)cn1. The van der Waals surface area contributed by atoms with Crippen LogP contribution in [0.15, 0.2) is 23.2 Å². The predicted molar refractivity (Wildman–Crippen MR) is 76.3 cm³/mol. The van der Waals surface area contributed by atoms with Gasteiger partial charge in [-0.2, -0.15) is 0 Å². The van der Waals surface area contributed by atoms with E-state index in [0.717, 1.165) is 4.31 Å². The zero-order valence-corrected chi connectivity index (χ0v) is 13.0. The van der Waals surface area contributed by atoms with Gasteiger partial charge in [0.1, 0.15) is 10.7 Å². The average molecular weight is 303 g/mol. The number of nitrogens with zero attached hydrogens (tertiary/aromatic N) is 3. The van der Waals surface area contributed by atoms with Gasteiger partial charge in [0.2, 0.25) is 10.0 Å². The fourth-order valence-electron chi connectivity index (χ4n) is 1.62. The zero-order valence-electron chi connectivity index (χ0n) is 12.1. The largest absolute Gasteiger partial charge is 0.389 e. The summed E-state index contributed by atoms with van der Waals surface area (Å²) in [5.74, 6) is 0.581. The van der Waals surface area contributed by atoms with Crippen LogP contribution in [0.3, 0.4) is 0 Å². The minimum atomic E-state index is -3.47. The van der Waals surface area contributed by atoms with Gasteiger partial charge in [-0.25, -0.2) is 17.7 Å². The lowest BCUT2D eigenvalue weighted by atomic mass is 10.3. The Bertz CT molecular complexity index is 516. The van der Waals surface area contributed by atoms with E-state index >= 15 is 0 Å². The van der Waals surface area contributed by atoms with Crippen molar-refractivity contribution >= 4 is 15.8 Å². The number of aliphatic hydroxyl groups is 1. The molecule has 1 unspecified atom stereocenters. The van der Waals surface area contributed by atoms with Crippen molar-refractivity contribution in [2.24, 2.45) is 0 Å². The molecule has 0 aliphatic heterocycles. The highest BCUT2D eigenvalue weighted by atomic mass is 32.2. The molecule has 0 saturated heterocycles. The Morgan fingerprint density at radius 3 is 2.45 bits per heavy atom. The molecule has 1 aromatic heterocycles. The summed E-state index contributed by atoms with van der Waals surface area (Å²) in [7, 11) is 2.75. The Balaban J connectivity index is 2.81. The molecule has 0 radical (unpaired) electrons. The highest BCUT2D eigenvalue weighted by Crippen LogP contribution is 2.15. The summed E-state index contributed by atoms with van der Waals surface area (Å²) < 4.78 is 29.8. The molecule has 20 heavy (non-hydrogen) atoms. The van der Waals surface area contributed by atoms with Crippen LogP contribution in [-0.4, -0.2) is 70.3 Å². The lowest BCUT2D eigenvalue weighted by Crippen LogP contribution is -2.32. The third-order valence-corrected chi connectivity index (χ3v) is 4.53. The second kappa shape index (κ2) is 6.98. The summed E-state index contributed by atoms with van der Waals surface area (Å²) in [6.07, 6.45) is 0.682. The van der Waals surface area contributed by atoms with Gasteiger partial charge in [-0.1, -0.05) is 0 Å². The van der Waals surface area contributed by atoms with Crippen molar-refractivity contribution in [3.05, 3.63) is 18.3 Å². The molecule has 1 rings (SSSR count). The molecule has 0 saturated carbocycles. The first-order valence-electron chi connectivity index (χ1n) is 6.05. The Kier molecular flexibility index (Phi) is 5.88. The molecule has 8 heteroatoms. The Hall–Kier alpha value is -1.22. The lowest BCUT2D eigenvalue weighted by molar-refractivity contribution is 0.0694. The number of aliphatic hydroxyl groups excluding tert-OH is 1. The maximum atomic E-state index is 11.9. The highest BCUT2D eigenvalue weighted by molar-refractivity contribution is 7.89. The van der Waals surface area contributed by atoms with Crippen LogP contribution in [-0.2, 0) is 14.8 Å². The van der Waals surface area contributed by atoms with Gasteiger partial charge in [0.25, 0.3) is 0 Å². The monoisotopic (exact) mass is 303 g/mol. The van der Waals surface area contributed by atoms with Crippen LogP contribution in [0.4, 0.5) is 5.82 Å². The van der Waals surface area contributed by atoms with Crippen LogP contribution in [0.5, 0.6) is 0 Å². The predicted octanol–water partition coefficient (Wildman–Crippen LogP) is -0.225. The molecule has 0 bridgehead atoms. The van der Waals surface area contributed by atoms with Crippen molar-refractivity contribution in [3.63, 3.8) is 0 Å². The van der Waals surface area contributed by atoms with Gasteiger partial charge in [0.05, 0.1) is 12.7 Å². The number of likely N-dealkylation sites (N-methyl/N-ethyl adjacent to an activating group) is 1. The lowest BCUT2D eigenvalue weighted by Gasteiger charge is -2.21. The van der Waals surface area contributed by atoms with Gasteiger partial charge in [0.15, 0.2) is 0 Å². The van der Waals surface area contributed by atoms with Gasteiger partial charge >= 0.3 is 0 Å². The smallest absolute Gasteiger partial charge is 0.244 e. The number of pyridine rings is 1. The van der Waals surface area contributed by atoms with E-state index in [1.807, 2.05) is 0 Å². The van der Waals surface area contributed by atoms with Crippen molar-refractivity contribution < 1.29 is 18.3 Å². The Morgan fingerprint density at radius 1 is 1.35 bits per heavy atom. The molecule has 0 aliphatic rings. The first kappa shape index (κ1) is 16.8. The van der Waals surface area contributed by atoms with Crippen LogP contribution in [0.25, 0.3) is 0 Å². The molecule has 7 nitrogen and oxygen atoms in total. The Morgan fingerprint density at radius 2 is 2.00 bits per heavy atom. The van der Waals surface area contributed by atoms with Crippen molar-refractivity contribution in [3.8, 4) is 0 Å². The molecule has 0 fully saturated rings. The molecule has 1 N–H and O–H groups in total. The quantitative estimate of drug-likeness (QED) is 0.749. The van der Waals surface area contributed by atoms with Gasteiger partial charge < -0.3 is 14.7 Å². The maximum Gasteiger partial charge on any atom is 0.244 e. The van der Waals surface area contributed by atoms with Gasteiger partial charge in [-0.05, 0) is 12.1 Å². The van der Waals surface area contributed by atoms with Crippen LogP contribution in [0.2, 0.25) is 0 Å². The summed E-state index contributed by atoms with van der Waals surface area (Å²) >= 11 is 0. The van der Waals surface area contributed by atoms with E-state index in [-0.39, 0.29) is 11.5 Å². The summed E-state index contributed by atoms with van der Waals surface area (Å²) in [6.45, 7) is 0.581. The third kappa shape index (κ3) is 4.14. The molecule has 0 spiro atoms. The first-order valence-corrected chi connectivity index (χ1v) is 7.49. The van der Waals surface area contributed by atoms with E-state index in [9.17, 15) is 13.5 Å². The van der Waals surface area contributed by atoms with Crippen LogP contribution >= 0.6 is 0 Å². The molecule has 0 aliphatic carbocycles.